The molecule has 17 heavy (non-hydrogen) atoms. The Labute approximate surface area is 99.5 Å². The quantitative estimate of drug-likeness (QED) is 0.590. The highest BCUT2D eigenvalue weighted by atomic mass is 16.7. The first-order valence-corrected chi connectivity index (χ1v) is 5.57. The zero-order valence-corrected chi connectivity index (χ0v) is 9.64. The van der Waals surface area contributed by atoms with E-state index in [1.807, 2.05) is 30.3 Å². The van der Waals surface area contributed by atoms with E-state index in [0.717, 1.165) is 5.56 Å². The van der Waals surface area contributed by atoms with Crippen molar-refractivity contribution in [1.29, 1.82) is 0 Å². The maximum atomic E-state index is 11.8. The summed E-state index contributed by atoms with van der Waals surface area (Å²) in [6, 6.07) is 9.40. The van der Waals surface area contributed by atoms with Crippen molar-refractivity contribution in [3.8, 4) is 0 Å². The molecule has 1 fully saturated rings. The number of hydrogen-bond donors (Lipinski definition) is 0. The number of benzene rings is 1. The molecule has 1 heterocycles. The third-order valence-corrected chi connectivity index (χ3v) is 3.11. The maximum Gasteiger partial charge on any atom is 0.326 e. The Morgan fingerprint density at radius 2 is 1.71 bits per heavy atom. The molecule has 4 nitrogen and oxygen atoms in total. The Kier molecular flexibility index (Phi) is 3.13. The SMILES string of the molecule is CCC1(Cc2ccccc2)C(=O)OCOC1=O. The first kappa shape index (κ1) is 11.6. The monoisotopic (exact) mass is 234 g/mol. The van der Waals surface area contributed by atoms with Gasteiger partial charge in [-0.25, -0.2) is 0 Å². The van der Waals surface area contributed by atoms with Gasteiger partial charge in [-0.15, -0.1) is 0 Å². The van der Waals surface area contributed by atoms with Gasteiger partial charge in [0.2, 0.25) is 6.79 Å². The van der Waals surface area contributed by atoms with Gasteiger partial charge in [-0.05, 0) is 18.4 Å². The van der Waals surface area contributed by atoms with Gasteiger partial charge >= 0.3 is 11.9 Å². The van der Waals surface area contributed by atoms with E-state index in [-0.39, 0.29) is 6.79 Å². The molecule has 0 bridgehead atoms. The minimum atomic E-state index is -1.18. The predicted molar refractivity (Wildman–Crippen MR) is 59.9 cm³/mol. The van der Waals surface area contributed by atoms with Gasteiger partial charge in [0.25, 0.3) is 0 Å². The second kappa shape index (κ2) is 4.57. The number of carbonyl (C=O) groups is 2. The average Bonchev–Trinajstić information content (AvgIpc) is 2.35. The second-order valence-corrected chi connectivity index (χ2v) is 4.08. The van der Waals surface area contributed by atoms with E-state index in [2.05, 4.69) is 0 Å². The smallest absolute Gasteiger partial charge is 0.326 e. The summed E-state index contributed by atoms with van der Waals surface area (Å²) in [4.78, 5) is 23.7. The van der Waals surface area contributed by atoms with Gasteiger partial charge in [0.1, 0.15) is 0 Å². The molecule has 0 aromatic heterocycles. The van der Waals surface area contributed by atoms with Crippen molar-refractivity contribution in [1.82, 2.24) is 0 Å². The summed E-state index contributed by atoms with van der Waals surface area (Å²) in [5.74, 6) is -0.972. The molecule has 1 aromatic rings. The van der Waals surface area contributed by atoms with Gasteiger partial charge in [0.15, 0.2) is 5.41 Å². The van der Waals surface area contributed by atoms with E-state index in [0.29, 0.717) is 12.8 Å². The Balaban J connectivity index is 2.30. The van der Waals surface area contributed by atoms with E-state index < -0.39 is 17.4 Å². The molecular weight excluding hydrogens is 220 g/mol. The lowest BCUT2D eigenvalue weighted by molar-refractivity contribution is -0.202. The lowest BCUT2D eigenvalue weighted by atomic mass is 9.79. The Hall–Kier alpha value is -1.84. The number of cyclic esters (lactones) is 2. The molecule has 0 saturated carbocycles. The molecule has 0 radical (unpaired) electrons. The molecule has 0 N–H and O–H groups in total. The molecule has 1 aromatic carbocycles. The number of esters is 2. The van der Waals surface area contributed by atoms with Crippen LogP contribution >= 0.6 is 0 Å². The van der Waals surface area contributed by atoms with Gasteiger partial charge in [0.05, 0.1) is 0 Å². The summed E-state index contributed by atoms with van der Waals surface area (Å²) in [6.07, 6.45) is 0.696. The molecule has 0 aliphatic carbocycles. The van der Waals surface area contributed by atoms with Gasteiger partial charge in [-0.1, -0.05) is 37.3 Å². The minimum Gasteiger partial charge on any atom is -0.427 e. The van der Waals surface area contributed by atoms with E-state index in [9.17, 15) is 9.59 Å². The predicted octanol–water partition coefficient (Wildman–Crippen LogP) is 1.68. The molecule has 2 rings (SSSR count). The summed E-state index contributed by atoms with van der Waals surface area (Å²) in [5, 5.41) is 0. The number of hydrogen-bond acceptors (Lipinski definition) is 4. The van der Waals surface area contributed by atoms with Crippen LogP contribution in [0.1, 0.15) is 18.9 Å². The second-order valence-electron chi connectivity index (χ2n) is 4.08. The molecule has 90 valence electrons. The standard InChI is InChI=1S/C13H14O4/c1-2-13(8-10-6-4-3-5-7-10)11(14)16-9-17-12(13)15/h3-7H,2,8-9H2,1H3. The zero-order chi connectivity index (χ0) is 12.3. The lowest BCUT2D eigenvalue weighted by Gasteiger charge is -2.31. The lowest BCUT2D eigenvalue weighted by Crippen LogP contribution is -2.47. The van der Waals surface area contributed by atoms with E-state index in [1.165, 1.54) is 0 Å². The summed E-state index contributed by atoms with van der Waals surface area (Å²) in [7, 11) is 0. The number of carbonyl (C=O) groups excluding carboxylic acids is 2. The number of rotatable bonds is 3. The van der Waals surface area contributed by atoms with Crippen LogP contribution in [0.5, 0.6) is 0 Å². The van der Waals surface area contributed by atoms with Crippen LogP contribution in [0.3, 0.4) is 0 Å². The highest BCUT2D eigenvalue weighted by molar-refractivity contribution is 6.01. The highest BCUT2D eigenvalue weighted by Gasteiger charge is 2.50. The molecule has 1 aliphatic rings. The fraction of sp³-hybridized carbons (Fsp3) is 0.385. The summed E-state index contributed by atoms with van der Waals surface area (Å²) in [5.41, 5.74) is -0.260. The maximum absolute atomic E-state index is 11.8. The minimum absolute atomic E-state index is 0.270. The van der Waals surface area contributed by atoms with Gasteiger partial charge < -0.3 is 9.47 Å². The molecule has 4 heteroatoms. The van der Waals surface area contributed by atoms with E-state index >= 15 is 0 Å². The summed E-state index contributed by atoms with van der Waals surface area (Å²) in [6.45, 7) is 1.52. The fourth-order valence-electron chi connectivity index (χ4n) is 2.00. The zero-order valence-electron chi connectivity index (χ0n) is 9.64. The summed E-state index contributed by atoms with van der Waals surface area (Å²) >= 11 is 0. The van der Waals surface area contributed by atoms with Crippen molar-refractivity contribution in [3.05, 3.63) is 35.9 Å². The van der Waals surface area contributed by atoms with Crippen molar-refractivity contribution in [2.24, 2.45) is 5.41 Å². The topological polar surface area (TPSA) is 52.6 Å². The van der Waals surface area contributed by atoms with Crippen LogP contribution in [0.15, 0.2) is 30.3 Å². The van der Waals surface area contributed by atoms with Crippen molar-refractivity contribution in [3.63, 3.8) is 0 Å². The van der Waals surface area contributed by atoms with Crippen LogP contribution in [-0.4, -0.2) is 18.7 Å². The number of ether oxygens (including phenoxy) is 2. The first-order chi connectivity index (χ1) is 8.19. The van der Waals surface area contributed by atoms with Crippen LogP contribution in [0.2, 0.25) is 0 Å². The Morgan fingerprint density at radius 1 is 1.12 bits per heavy atom. The molecule has 1 saturated heterocycles. The first-order valence-electron chi connectivity index (χ1n) is 5.57. The van der Waals surface area contributed by atoms with E-state index in [4.69, 9.17) is 9.47 Å². The molecule has 0 unspecified atom stereocenters. The van der Waals surface area contributed by atoms with Crippen molar-refractivity contribution >= 4 is 11.9 Å². The Bertz CT molecular complexity index is 408. The van der Waals surface area contributed by atoms with Gasteiger partial charge in [-0.3, -0.25) is 9.59 Å². The van der Waals surface area contributed by atoms with Crippen LogP contribution in [-0.2, 0) is 25.5 Å². The molecule has 1 aliphatic heterocycles. The molecule has 0 amide bonds. The average molecular weight is 234 g/mol. The fourth-order valence-corrected chi connectivity index (χ4v) is 2.00. The van der Waals surface area contributed by atoms with Crippen molar-refractivity contribution in [2.45, 2.75) is 19.8 Å². The third-order valence-electron chi connectivity index (χ3n) is 3.11. The van der Waals surface area contributed by atoms with Crippen LogP contribution in [0.4, 0.5) is 0 Å². The molecule has 0 atom stereocenters. The van der Waals surface area contributed by atoms with Crippen molar-refractivity contribution in [2.75, 3.05) is 6.79 Å². The van der Waals surface area contributed by atoms with Crippen LogP contribution in [0.25, 0.3) is 0 Å². The van der Waals surface area contributed by atoms with E-state index in [1.54, 1.807) is 6.92 Å². The van der Waals surface area contributed by atoms with Crippen LogP contribution in [0, 0.1) is 5.41 Å². The van der Waals surface area contributed by atoms with Crippen LogP contribution < -0.4 is 0 Å². The highest BCUT2D eigenvalue weighted by Crippen LogP contribution is 2.33. The van der Waals surface area contributed by atoms with Gasteiger partial charge in [-0.2, -0.15) is 0 Å². The molecule has 0 spiro atoms. The largest absolute Gasteiger partial charge is 0.427 e. The van der Waals surface area contributed by atoms with Gasteiger partial charge in [0, 0.05) is 0 Å². The van der Waals surface area contributed by atoms with Crippen molar-refractivity contribution < 1.29 is 19.1 Å². The normalized spacial score (nSPS) is 18.4. The Morgan fingerprint density at radius 3 is 2.24 bits per heavy atom. The summed E-state index contributed by atoms with van der Waals surface area (Å²) < 4.78 is 9.69. The molecular formula is C13H14O4. The third kappa shape index (κ3) is 2.02.